The monoisotopic (exact) mass is 323 g/mol. The summed E-state index contributed by atoms with van der Waals surface area (Å²) in [6, 6.07) is 8.99. The molecule has 0 fully saturated rings. The van der Waals surface area contributed by atoms with Gasteiger partial charge in [-0.05, 0) is 29.7 Å². The largest absolute Gasteiger partial charge is 0.259 e. The van der Waals surface area contributed by atoms with E-state index in [1.54, 1.807) is 31.3 Å². The third kappa shape index (κ3) is 3.44. The molecule has 0 aliphatic rings. The molecule has 0 unspecified atom stereocenters. The molecule has 0 saturated heterocycles. The Balaban J connectivity index is 2.62. The van der Waals surface area contributed by atoms with E-state index in [-0.39, 0.29) is 11.7 Å². The van der Waals surface area contributed by atoms with Crippen LogP contribution in [0, 0.1) is 0 Å². The van der Waals surface area contributed by atoms with Crippen molar-refractivity contribution in [1.29, 1.82) is 0 Å². The van der Waals surface area contributed by atoms with E-state index in [9.17, 15) is 8.42 Å². The van der Waals surface area contributed by atoms with Crippen molar-refractivity contribution in [3.63, 3.8) is 0 Å². The summed E-state index contributed by atoms with van der Waals surface area (Å²) in [5, 5.41) is 0.645. The highest BCUT2D eigenvalue weighted by molar-refractivity contribution is 7.91. The molecule has 1 aromatic heterocycles. The fourth-order valence-corrected chi connectivity index (χ4v) is 3.44. The Morgan fingerprint density at radius 3 is 2.29 bits per heavy atom. The van der Waals surface area contributed by atoms with Gasteiger partial charge in [-0.2, -0.15) is 0 Å². The lowest BCUT2D eigenvalue weighted by atomic mass is 10.0. The number of hydrogen-bond acceptors (Lipinski definition) is 3. The maximum Gasteiger partial charge on any atom is 0.179 e. The van der Waals surface area contributed by atoms with Gasteiger partial charge in [-0.1, -0.05) is 44.5 Å². The number of hydrogen-bond donors (Lipinski definition) is 0. The van der Waals surface area contributed by atoms with Crippen LogP contribution in [0.2, 0.25) is 5.02 Å². The van der Waals surface area contributed by atoms with Crippen molar-refractivity contribution in [2.24, 2.45) is 0 Å². The minimum Gasteiger partial charge on any atom is -0.259 e. The summed E-state index contributed by atoms with van der Waals surface area (Å²) in [6.45, 7) is 5.53. The highest BCUT2D eigenvalue weighted by atomic mass is 35.5. The Bertz CT molecular complexity index is 737. The van der Waals surface area contributed by atoms with E-state index in [0.29, 0.717) is 15.6 Å². The van der Waals surface area contributed by atoms with E-state index in [1.807, 2.05) is 26.0 Å². The molecule has 112 valence electrons. The van der Waals surface area contributed by atoms with Crippen LogP contribution < -0.4 is 0 Å². The minimum atomic E-state index is -3.30. The van der Waals surface area contributed by atoms with Gasteiger partial charge in [0.05, 0.1) is 16.3 Å². The highest BCUT2D eigenvalue weighted by Gasteiger charge is 2.20. The van der Waals surface area contributed by atoms with Crippen LogP contribution in [-0.2, 0) is 9.84 Å². The van der Waals surface area contributed by atoms with Crippen molar-refractivity contribution in [2.45, 2.75) is 31.6 Å². The van der Waals surface area contributed by atoms with Crippen LogP contribution in [0.1, 0.15) is 32.4 Å². The van der Waals surface area contributed by atoms with Gasteiger partial charge in [0.25, 0.3) is 0 Å². The molecular weight excluding hydrogens is 306 g/mol. The summed E-state index contributed by atoms with van der Waals surface area (Å²) >= 11 is 5.88. The smallest absolute Gasteiger partial charge is 0.179 e. The van der Waals surface area contributed by atoms with Gasteiger partial charge >= 0.3 is 0 Å². The van der Waals surface area contributed by atoms with Gasteiger partial charge in [-0.15, -0.1) is 0 Å². The van der Waals surface area contributed by atoms with Gasteiger partial charge in [-0.25, -0.2) is 8.42 Å². The maximum absolute atomic E-state index is 12.3. The van der Waals surface area contributed by atoms with E-state index in [0.717, 1.165) is 11.1 Å². The SMILES string of the molecule is CCS(=O)(=O)c1cc(-c2ccc(Cl)cc2)cnc1C(C)C. The van der Waals surface area contributed by atoms with E-state index < -0.39 is 9.84 Å². The van der Waals surface area contributed by atoms with Crippen molar-refractivity contribution in [3.8, 4) is 11.1 Å². The van der Waals surface area contributed by atoms with Gasteiger partial charge < -0.3 is 0 Å². The Morgan fingerprint density at radius 1 is 1.14 bits per heavy atom. The quantitative estimate of drug-likeness (QED) is 0.841. The van der Waals surface area contributed by atoms with Crippen molar-refractivity contribution < 1.29 is 8.42 Å². The molecule has 0 N–H and O–H groups in total. The van der Waals surface area contributed by atoms with Gasteiger partial charge in [0.15, 0.2) is 9.84 Å². The van der Waals surface area contributed by atoms with Crippen molar-refractivity contribution in [3.05, 3.63) is 47.2 Å². The fraction of sp³-hybridized carbons (Fsp3) is 0.312. The molecule has 3 nitrogen and oxygen atoms in total. The number of aromatic nitrogens is 1. The molecule has 1 aromatic carbocycles. The standard InChI is InChI=1S/C16H18ClNO2S/c1-4-21(19,20)15-9-13(10-18-16(15)11(2)3)12-5-7-14(17)8-6-12/h5-11H,4H2,1-3H3. The summed E-state index contributed by atoms with van der Waals surface area (Å²) in [5.41, 5.74) is 2.30. The molecule has 5 heteroatoms. The Morgan fingerprint density at radius 2 is 1.76 bits per heavy atom. The Labute approximate surface area is 130 Å². The van der Waals surface area contributed by atoms with E-state index in [1.165, 1.54) is 0 Å². The third-order valence-corrected chi connectivity index (χ3v) is 5.33. The van der Waals surface area contributed by atoms with Crippen LogP contribution in [0.4, 0.5) is 0 Å². The average Bonchev–Trinajstić information content (AvgIpc) is 2.47. The van der Waals surface area contributed by atoms with Crippen molar-refractivity contribution in [2.75, 3.05) is 5.75 Å². The fourth-order valence-electron chi connectivity index (χ4n) is 2.09. The predicted octanol–water partition coefficient (Wildman–Crippen LogP) is 4.32. The number of sulfone groups is 1. The van der Waals surface area contributed by atoms with Crippen LogP contribution in [0.5, 0.6) is 0 Å². The van der Waals surface area contributed by atoms with Gasteiger partial charge in [0.2, 0.25) is 0 Å². The normalized spacial score (nSPS) is 11.9. The topological polar surface area (TPSA) is 47.0 Å². The summed E-state index contributed by atoms with van der Waals surface area (Å²) in [6.07, 6.45) is 1.72. The molecule has 0 radical (unpaired) electrons. The summed E-state index contributed by atoms with van der Waals surface area (Å²) in [5.74, 6) is 0.124. The average molecular weight is 324 g/mol. The van der Waals surface area contributed by atoms with Gasteiger partial charge in [0.1, 0.15) is 0 Å². The van der Waals surface area contributed by atoms with Crippen LogP contribution in [0.25, 0.3) is 11.1 Å². The van der Waals surface area contributed by atoms with Crippen molar-refractivity contribution in [1.82, 2.24) is 4.98 Å². The molecule has 0 saturated carbocycles. The number of benzene rings is 1. The number of nitrogens with zero attached hydrogens (tertiary/aromatic N) is 1. The molecule has 0 amide bonds. The zero-order chi connectivity index (χ0) is 15.6. The van der Waals surface area contributed by atoms with Crippen LogP contribution >= 0.6 is 11.6 Å². The lowest BCUT2D eigenvalue weighted by molar-refractivity contribution is 0.593. The second-order valence-corrected chi connectivity index (χ2v) is 7.86. The first-order valence-electron chi connectivity index (χ1n) is 6.83. The molecule has 1 heterocycles. The first-order chi connectivity index (χ1) is 9.85. The van der Waals surface area contributed by atoms with E-state index >= 15 is 0 Å². The lowest BCUT2D eigenvalue weighted by Gasteiger charge is -2.13. The van der Waals surface area contributed by atoms with Gasteiger partial charge in [0, 0.05) is 16.8 Å². The number of pyridine rings is 1. The third-order valence-electron chi connectivity index (χ3n) is 3.32. The molecule has 0 atom stereocenters. The molecule has 0 aliphatic heterocycles. The summed E-state index contributed by atoms with van der Waals surface area (Å²) in [7, 11) is -3.30. The first kappa shape index (κ1) is 16.0. The van der Waals surface area contributed by atoms with Crippen molar-refractivity contribution >= 4 is 21.4 Å². The van der Waals surface area contributed by atoms with E-state index in [4.69, 9.17) is 11.6 Å². The minimum absolute atomic E-state index is 0.0561. The second kappa shape index (κ2) is 6.16. The highest BCUT2D eigenvalue weighted by Crippen LogP contribution is 2.28. The zero-order valence-electron chi connectivity index (χ0n) is 12.3. The molecular formula is C16H18ClNO2S. The number of rotatable bonds is 4. The number of halogens is 1. The first-order valence-corrected chi connectivity index (χ1v) is 8.87. The second-order valence-electron chi connectivity index (χ2n) is 5.17. The van der Waals surface area contributed by atoms with E-state index in [2.05, 4.69) is 4.98 Å². The predicted molar refractivity (Wildman–Crippen MR) is 86.5 cm³/mol. The zero-order valence-corrected chi connectivity index (χ0v) is 13.9. The molecule has 2 aromatic rings. The Kier molecular flexibility index (Phi) is 4.69. The summed E-state index contributed by atoms with van der Waals surface area (Å²) in [4.78, 5) is 4.71. The summed E-state index contributed by atoms with van der Waals surface area (Å²) < 4.78 is 24.6. The molecule has 21 heavy (non-hydrogen) atoms. The Hall–Kier alpha value is -1.39. The molecule has 0 bridgehead atoms. The molecule has 0 aliphatic carbocycles. The maximum atomic E-state index is 12.3. The van der Waals surface area contributed by atoms with Gasteiger partial charge in [-0.3, -0.25) is 4.98 Å². The molecule has 2 rings (SSSR count). The van der Waals surface area contributed by atoms with Crippen LogP contribution in [0.15, 0.2) is 41.4 Å². The van der Waals surface area contributed by atoms with Crippen LogP contribution in [0.3, 0.4) is 0 Å². The lowest BCUT2D eigenvalue weighted by Crippen LogP contribution is -2.10. The molecule has 0 spiro atoms. The van der Waals surface area contributed by atoms with Crippen LogP contribution in [-0.4, -0.2) is 19.2 Å².